The van der Waals surface area contributed by atoms with E-state index in [9.17, 15) is 0 Å². The number of methoxy groups -OCH3 is 2. The molecule has 1 N–H and O–H groups in total. The van der Waals surface area contributed by atoms with Crippen molar-refractivity contribution in [1.29, 1.82) is 0 Å². The highest BCUT2D eigenvalue weighted by atomic mass is 16.5. The highest BCUT2D eigenvalue weighted by Crippen LogP contribution is 2.43. The lowest BCUT2D eigenvalue weighted by molar-refractivity contribution is 0.347. The van der Waals surface area contributed by atoms with Crippen molar-refractivity contribution in [3.8, 4) is 11.5 Å². The predicted octanol–water partition coefficient (Wildman–Crippen LogP) is 3.52. The maximum atomic E-state index is 5.60. The van der Waals surface area contributed by atoms with Crippen LogP contribution in [0, 0.1) is 0 Å². The van der Waals surface area contributed by atoms with Crippen LogP contribution >= 0.6 is 0 Å². The minimum atomic E-state index is 0.262. The molecule has 0 aliphatic carbocycles. The van der Waals surface area contributed by atoms with Gasteiger partial charge in [0.1, 0.15) is 0 Å². The fraction of sp³-hybridized carbons (Fsp3) is 0.333. The Kier molecular flexibility index (Phi) is 4.11. The summed E-state index contributed by atoms with van der Waals surface area (Å²) < 4.78 is 11.0. The summed E-state index contributed by atoms with van der Waals surface area (Å²) in [4.78, 5) is 0. The molecule has 0 bridgehead atoms. The lowest BCUT2D eigenvalue weighted by Crippen LogP contribution is -2.18. The van der Waals surface area contributed by atoms with Crippen molar-refractivity contribution >= 4 is 0 Å². The molecular formula is C18H21NO2. The van der Waals surface area contributed by atoms with Crippen LogP contribution in [0.5, 0.6) is 11.5 Å². The Hall–Kier alpha value is -2.00. The third-order valence-electron chi connectivity index (χ3n) is 4.22. The normalized spacial score (nSPS) is 21.2. The third-order valence-corrected chi connectivity index (χ3v) is 4.22. The molecule has 110 valence electrons. The predicted molar refractivity (Wildman–Crippen MR) is 84.1 cm³/mol. The monoisotopic (exact) mass is 283 g/mol. The minimum absolute atomic E-state index is 0.262. The molecule has 2 atom stereocenters. The SMILES string of the molecule is COc1cccc(C2NCCC2c2ccccc2)c1OC. The molecule has 1 aliphatic heterocycles. The van der Waals surface area contributed by atoms with Crippen LogP contribution in [0.4, 0.5) is 0 Å². The van der Waals surface area contributed by atoms with Gasteiger partial charge in [-0.15, -0.1) is 0 Å². The molecule has 2 aromatic carbocycles. The van der Waals surface area contributed by atoms with Crippen molar-refractivity contribution in [3.05, 3.63) is 59.7 Å². The van der Waals surface area contributed by atoms with E-state index in [4.69, 9.17) is 9.47 Å². The van der Waals surface area contributed by atoms with Gasteiger partial charge in [-0.1, -0.05) is 42.5 Å². The Morgan fingerprint density at radius 3 is 2.48 bits per heavy atom. The van der Waals surface area contributed by atoms with Crippen molar-refractivity contribution in [2.24, 2.45) is 0 Å². The fourth-order valence-electron chi connectivity index (χ4n) is 3.25. The summed E-state index contributed by atoms with van der Waals surface area (Å²) in [5.74, 6) is 2.09. The zero-order chi connectivity index (χ0) is 14.7. The largest absolute Gasteiger partial charge is 0.493 e. The molecule has 0 amide bonds. The van der Waals surface area contributed by atoms with E-state index in [1.54, 1.807) is 14.2 Å². The summed E-state index contributed by atoms with van der Waals surface area (Å²) in [5, 5.41) is 3.61. The highest BCUT2D eigenvalue weighted by molar-refractivity contribution is 5.49. The molecule has 1 aliphatic rings. The first-order valence-electron chi connectivity index (χ1n) is 7.34. The quantitative estimate of drug-likeness (QED) is 0.931. The fourth-order valence-corrected chi connectivity index (χ4v) is 3.25. The molecule has 3 rings (SSSR count). The Bertz CT molecular complexity index is 597. The van der Waals surface area contributed by atoms with E-state index in [1.165, 1.54) is 11.1 Å². The van der Waals surface area contributed by atoms with Gasteiger partial charge in [-0.25, -0.2) is 0 Å². The van der Waals surface area contributed by atoms with Gasteiger partial charge in [0, 0.05) is 17.5 Å². The highest BCUT2D eigenvalue weighted by Gasteiger charge is 2.32. The molecule has 3 heteroatoms. The smallest absolute Gasteiger partial charge is 0.165 e. The zero-order valence-electron chi connectivity index (χ0n) is 12.5. The number of ether oxygens (including phenoxy) is 2. The molecule has 0 aromatic heterocycles. The van der Waals surface area contributed by atoms with Gasteiger partial charge in [-0.3, -0.25) is 0 Å². The second kappa shape index (κ2) is 6.19. The topological polar surface area (TPSA) is 30.5 Å². The summed E-state index contributed by atoms with van der Waals surface area (Å²) in [6.45, 7) is 1.02. The molecule has 2 aromatic rings. The van der Waals surface area contributed by atoms with Gasteiger partial charge in [0.2, 0.25) is 0 Å². The second-order valence-corrected chi connectivity index (χ2v) is 5.32. The summed E-state index contributed by atoms with van der Waals surface area (Å²) in [6.07, 6.45) is 1.13. The first-order chi connectivity index (χ1) is 10.3. The molecule has 21 heavy (non-hydrogen) atoms. The van der Waals surface area contributed by atoms with Gasteiger partial charge in [-0.05, 0) is 24.6 Å². The van der Waals surface area contributed by atoms with Gasteiger partial charge < -0.3 is 14.8 Å². The number of para-hydroxylation sites is 1. The van der Waals surface area contributed by atoms with Crippen LogP contribution in [0.3, 0.4) is 0 Å². The van der Waals surface area contributed by atoms with Gasteiger partial charge in [-0.2, -0.15) is 0 Å². The second-order valence-electron chi connectivity index (χ2n) is 5.32. The molecule has 1 heterocycles. The van der Waals surface area contributed by atoms with Crippen LogP contribution in [0.2, 0.25) is 0 Å². The van der Waals surface area contributed by atoms with E-state index in [0.29, 0.717) is 5.92 Å². The van der Waals surface area contributed by atoms with Crippen LogP contribution in [-0.4, -0.2) is 20.8 Å². The average molecular weight is 283 g/mol. The van der Waals surface area contributed by atoms with E-state index in [0.717, 1.165) is 24.5 Å². The van der Waals surface area contributed by atoms with Gasteiger partial charge in [0.05, 0.1) is 14.2 Å². The summed E-state index contributed by atoms with van der Waals surface area (Å²) in [7, 11) is 3.38. The molecule has 0 saturated carbocycles. The van der Waals surface area contributed by atoms with Crippen molar-refractivity contribution < 1.29 is 9.47 Å². The van der Waals surface area contributed by atoms with Crippen molar-refractivity contribution in [2.75, 3.05) is 20.8 Å². The standard InChI is InChI=1S/C18H21NO2/c1-20-16-10-6-9-15(18(16)21-2)17-14(11-12-19-17)13-7-4-3-5-8-13/h3-10,14,17,19H,11-12H2,1-2H3. The number of hydrogen-bond donors (Lipinski definition) is 1. The van der Waals surface area contributed by atoms with Crippen molar-refractivity contribution in [3.63, 3.8) is 0 Å². The first-order valence-corrected chi connectivity index (χ1v) is 7.34. The Labute approximate surface area is 125 Å². The van der Waals surface area contributed by atoms with Crippen LogP contribution in [0.25, 0.3) is 0 Å². The van der Waals surface area contributed by atoms with Crippen LogP contribution < -0.4 is 14.8 Å². The number of rotatable bonds is 4. The molecule has 1 fully saturated rings. The van der Waals surface area contributed by atoms with E-state index >= 15 is 0 Å². The Balaban J connectivity index is 1.99. The zero-order valence-corrected chi connectivity index (χ0v) is 12.5. The van der Waals surface area contributed by atoms with Crippen LogP contribution in [0.15, 0.2) is 48.5 Å². The maximum Gasteiger partial charge on any atom is 0.165 e. The summed E-state index contributed by atoms with van der Waals surface area (Å²) in [6, 6.07) is 17.0. The van der Waals surface area contributed by atoms with E-state index in [2.05, 4.69) is 41.7 Å². The maximum absolute atomic E-state index is 5.60. The number of hydrogen-bond acceptors (Lipinski definition) is 3. The van der Waals surface area contributed by atoms with Gasteiger partial charge in [0.25, 0.3) is 0 Å². The number of nitrogens with one attached hydrogen (secondary N) is 1. The molecule has 3 nitrogen and oxygen atoms in total. The number of benzene rings is 2. The van der Waals surface area contributed by atoms with Crippen LogP contribution in [0.1, 0.15) is 29.5 Å². The first kappa shape index (κ1) is 14.0. The van der Waals surface area contributed by atoms with E-state index in [1.807, 2.05) is 12.1 Å². The van der Waals surface area contributed by atoms with Crippen LogP contribution in [-0.2, 0) is 0 Å². The lowest BCUT2D eigenvalue weighted by atomic mass is 9.87. The minimum Gasteiger partial charge on any atom is -0.493 e. The van der Waals surface area contributed by atoms with E-state index < -0.39 is 0 Å². The van der Waals surface area contributed by atoms with Crippen molar-refractivity contribution in [1.82, 2.24) is 5.32 Å². The molecule has 2 unspecified atom stereocenters. The molecule has 1 saturated heterocycles. The van der Waals surface area contributed by atoms with Gasteiger partial charge >= 0.3 is 0 Å². The van der Waals surface area contributed by atoms with Gasteiger partial charge in [0.15, 0.2) is 11.5 Å². The molecule has 0 radical (unpaired) electrons. The molecule has 0 spiro atoms. The molecular weight excluding hydrogens is 262 g/mol. The Morgan fingerprint density at radius 2 is 1.76 bits per heavy atom. The summed E-state index contributed by atoms with van der Waals surface area (Å²) in [5.41, 5.74) is 2.54. The summed E-state index contributed by atoms with van der Waals surface area (Å²) >= 11 is 0. The lowest BCUT2D eigenvalue weighted by Gasteiger charge is -2.23. The third kappa shape index (κ3) is 2.61. The average Bonchev–Trinajstić information content (AvgIpc) is 3.04. The van der Waals surface area contributed by atoms with Crippen molar-refractivity contribution in [2.45, 2.75) is 18.4 Å². The Morgan fingerprint density at radius 1 is 0.952 bits per heavy atom. The van der Waals surface area contributed by atoms with E-state index in [-0.39, 0.29) is 6.04 Å².